The van der Waals surface area contributed by atoms with Gasteiger partial charge >= 0.3 is 0 Å². The molecule has 0 aliphatic carbocycles. The van der Waals surface area contributed by atoms with Crippen molar-refractivity contribution >= 4 is 11.8 Å². The second-order valence-electron chi connectivity index (χ2n) is 4.36. The quantitative estimate of drug-likeness (QED) is 0.524. The smallest absolute Gasteiger partial charge is 0.239 e. The standard InChI is InChI=1S/C11H20N2O2/c1-5-6-7-12-9(14)8-13-10(15)11(2,3)4/h5H,1,6-8H2,2-4H3,(H,12,14)(H,13,15). The molecule has 2 N–H and O–H groups in total. The molecule has 0 aromatic rings. The molecule has 0 bridgehead atoms. The molecule has 0 fully saturated rings. The number of carbonyl (C=O) groups is 2. The van der Waals surface area contributed by atoms with Crippen molar-refractivity contribution in [2.45, 2.75) is 27.2 Å². The van der Waals surface area contributed by atoms with Crippen LogP contribution in [0.5, 0.6) is 0 Å². The van der Waals surface area contributed by atoms with Crippen molar-refractivity contribution in [2.75, 3.05) is 13.1 Å². The summed E-state index contributed by atoms with van der Waals surface area (Å²) in [4.78, 5) is 22.6. The first-order valence-electron chi connectivity index (χ1n) is 5.04. The fraction of sp³-hybridized carbons (Fsp3) is 0.636. The van der Waals surface area contributed by atoms with Gasteiger partial charge in [0.25, 0.3) is 0 Å². The van der Waals surface area contributed by atoms with E-state index in [-0.39, 0.29) is 18.4 Å². The van der Waals surface area contributed by atoms with Crippen LogP contribution < -0.4 is 10.6 Å². The summed E-state index contributed by atoms with van der Waals surface area (Å²) in [6, 6.07) is 0. The second-order valence-corrected chi connectivity index (χ2v) is 4.36. The Hall–Kier alpha value is -1.32. The van der Waals surface area contributed by atoms with Gasteiger partial charge in [0, 0.05) is 12.0 Å². The maximum absolute atomic E-state index is 11.4. The summed E-state index contributed by atoms with van der Waals surface area (Å²) in [5.74, 6) is -0.296. The van der Waals surface area contributed by atoms with Crippen LogP contribution in [-0.4, -0.2) is 24.9 Å². The average Bonchev–Trinajstić information content (AvgIpc) is 2.13. The van der Waals surface area contributed by atoms with Crippen LogP contribution in [0.15, 0.2) is 12.7 Å². The van der Waals surface area contributed by atoms with E-state index in [2.05, 4.69) is 17.2 Å². The molecule has 0 aromatic carbocycles. The first-order valence-corrected chi connectivity index (χ1v) is 5.04. The van der Waals surface area contributed by atoms with E-state index in [9.17, 15) is 9.59 Å². The minimum atomic E-state index is -0.457. The predicted octanol–water partition coefficient (Wildman–Crippen LogP) is 0.841. The lowest BCUT2D eigenvalue weighted by atomic mass is 9.96. The molecular weight excluding hydrogens is 192 g/mol. The highest BCUT2D eigenvalue weighted by Gasteiger charge is 2.21. The van der Waals surface area contributed by atoms with Gasteiger partial charge in [-0.25, -0.2) is 0 Å². The molecular formula is C11H20N2O2. The van der Waals surface area contributed by atoms with Crippen LogP contribution in [0.25, 0.3) is 0 Å². The van der Waals surface area contributed by atoms with Crippen molar-refractivity contribution in [2.24, 2.45) is 5.41 Å². The SMILES string of the molecule is C=CCCNC(=O)CNC(=O)C(C)(C)C. The number of amides is 2. The molecule has 0 aliphatic rings. The number of hydrogen-bond donors (Lipinski definition) is 2. The Kier molecular flexibility index (Phi) is 5.67. The normalized spacial score (nSPS) is 10.6. The molecule has 0 spiro atoms. The molecule has 4 heteroatoms. The van der Waals surface area contributed by atoms with Gasteiger partial charge in [-0.15, -0.1) is 6.58 Å². The van der Waals surface area contributed by atoms with Crippen molar-refractivity contribution in [3.63, 3.8) is 0 Å². The molecule has 15 heavy (non-hydrogen) atoms. The van der Waals surface area contributed by atoms with Crippen molar-refractivity contribution in [3.8, 4) is 0 Å². The summed E-state index contributed by atoms with van der Waals surface area (Å²) < 4.78 is 0. The van der Waals surface area contributed by atoms with Crippen LogP contribution >= 0.6 is 0 Å². The Bertz CT molecular complexity index is 241. The Balaban J connectivity index is 3.72. The third kappa shape index (κ3) is 6.71. The summed E-state index contributed by atoms with van der Waals surface area (Å²) in [7, 11) is 0. The second kappa shape index (κ2) is 6.22. The Morgan fingerprint density at radius 2 is 1.87 bits per heavy atom. The van der Waals surface area contributed by atoms with Gasteiger partial charge in [0.05, 0.1) is 6.54 Å². The van der Waals surface area contributed by atoms with E-state index >= 15 is 0 Å². The number of nitrogens with one attached hydrogen (secondary N) is 2. The highest BCUT2D eigenvalue weighted by atomic mass is 16.2. The van der Waals surface area contributed by atoms with Gasteiger partial charge < -0.3 is 10.6 Å². The zero-order chi connectivity index (χ0) is 11.9. The highest BCUT2D eigenvalue weighted by Crippen LogP contribution is 2.11. The van der Waals surface area contributed by atoms with Crippen LogP contribution in [0.3, 0.4) is 0 Å². The topological polar surface area (TPSA) is 58.2 Å². The largest absolute Gasteiger partial charge is 0.354 e. The van der Waals surface area contributed by atoms with Gasteiger partial charge in [-0.05, 0) is 6.42 Å². The molecule has 0 saturated carbocycles. The molecule has 0 unspecified atom stereocenters. The minimum absolute atomic E-state index is 0.0350. The Morgan fingerprint density at radius 1 is 1.27 bits per heavy atom. The molecule has 0 rings (SSSR count). The first kappa shape index (κ1) is 13.7. The number of carbonyl (C=O) groups excluding carboxylic acids is 2. The zero-order valence-electron chi connectivity index (χ0n) is 9.72. The van der Waals surface area contributed by atoms with E-state index in [0.29, 0.717) is 6.54 Å². The Labute approximate surface area is 91.1 Å². The number of rotatable bonds is 5. The van der Waals surface area contributed by atoms with Crippen molar-refractivity contribution in [3.05, 3.63) is 12.7 Å². The van der Waals surface area contributed by atoms with Crippen LogP contribution in [0, 0.1) is 5.41 Å². The van der Waals surface area contributed by atoms with E-state index in [1.807, 2.05) is 0 Å². The number of hydrogen-bond acceptors (Lipinski definition) is 2. The van der Waals surface area contributed by atoms with Crippen LogP contribution in [0.4, 0.5) is 0 Å². The van der Waals surface area contributed by atoms with Crippen LogP contribution in [-0.2, 0) is 9.59 Å². The molecule has 0 saturated heterocycles. The third-order valence-corrected chi connectivity index (χ3v) is 1.76. The maximum atomic E-state index is 11.4. The van der Waals surface area contributed by atoms with Crippen molar-refractivity contribution in [1.29, 1.82) is 0 Å². The van der Waals surface area contributed by atoms with Gasteiger partial charge in [0.1, 0.15) is 0 Å². The lowest BCUT2D eigenvalue weighted by Crippen LogP contribution is -2.41. The fourth-order valence-electron chi connectivity index (χ4n) is 0.802. The average molecular weight is 212 g/mol. The van der Waals surface area contributed by atoms with E-state index < -0.39 is 5.41 Å². The first-order chi connectivity index (χ1) is 6.88. The minimum Gasteiger partial charge on any atom is -0.354 e. The maximum Gasteiger partial charge on any atom is 0.239 e. The van der Waals surface area contributed by atoms with Gasteiger partial charge in [0.15, 0.2) is 0 Å². The van der Waals surface area contributed by atoms with E-state index in [4.69, 9.17) is 0 Å². The fourth-order valence-corrected chi connectivity index (χ4v) is 0.802. The zero-order valence-corrected chi connectivity index (χ0v) is 9.72. The lowest BCUT2D eigenvalue weighted by molar-refractivity contribution is -0.131. The van der Waals surface area contributed by atoms with Gasteiger partial charge in [0.2, 0.25) is 11.8 Å². The van der Waals surface area contributed by atoms with Crippen LogP contribution in [0.1, 0.15) is 27.2 Å². The van der Waals surface area contributed by atoms with Gasteiger partial charge in [-0.1, -0.05) is 26.8 Å². The monoisotopic (exact) mass is 212 g/mol. The van der Waals surface area contributed by atoms with E-state index in [1.54, 1.807) is 26.8 Å². The van der Waals surface area contributed by atoms with E-state index in [0.717, 1.165) is 6.42 Å². The summed E-state index contributed by atoms with van der Waals surface area (Å²) in [5, 5.41) is 5.24. The molecule has 0 atom stereocenters. The van der Waals surface area contributed by atoms with Crippen LogP contribution in [0.2, 0.25) is 0 Å². The van der Waals surface area contributed by atoms with Gasteiger partial charge in [-0.2, -0.15) is 0 Å². The molecule has 4 nitrogen and oxygen atoms in total. The molecule has 0 aliphatic heterocycles. The van der Waals surface area contributed by atoms with E-state index in [1.165, 1.54) is 0 Å². The molecule has 86 valence electrons. The molecule has 2 amide bonds. The summed E-state index contributed by atoms with van der Waals surface area (Å²) in [5.41, 5.74) is -0.457. The van der Waals surface area contributed by atoms with Gasteiger partial charge in [-0.3, -0.25) is 9.59 Å². The highest BCUT2D eigenvalue weighted by molar-refractivity contribution is 5.87. The third-order valence-electron chi connectivity index (χ3n) is 1.76. The lowest BCUT2D eigenvalue weighted by Gasteiger charge is -2.17. The molecule has 0 heterocycles. The predicted molar refractivity (Wildman–Crippen MR) is 60.3 cm³/mol. The summed E-state index contributed by atoms with van der Waals surface area (Å²) >= 11 is 0. The molecule has 0 radical (unpaired) electrons. The molecule has 0 aromatic heterocycles. The van der Waals surface area contributed by atoms with Crippen molar-refractivity contribution < 1.29 is 9.59 Å². The summed E-state index contributed by atoms with van der Waals surface area (Å²) in [6.45, 7) is 9.55. The Morgan fingerprint density at radius 3 is 2.33 bits per heavy atom. The summed E-state index contributed by atoms with van der Waals surface area (Å²) in [6.07, 6.45) is 2.47. The van der Waals surface area contributed by atoms with Crippen molar-refractivity contribution in [1.82, 2.24) is 10.6 Å².